The van der Waals surface area contributed by atoms with Crippen molar-refractivity contribution in [2.75, 3.05) is 72.5 Å². The van der Waals surface area contributed by atoms with Gasteiger partial charge in [-0.15, -0.1) is 11.6 Å². The lowest BCUT2D eigenvalue weighted by Gasteiger charge is -2.30. The molecule has 0 spiro atoms. The summed E-state index contributed by atoms with van der Waals surface area (Å²) in [6.45, 7) is 14.4. The zero-order chi connectivity index (χ0) is 93.6. The topological polar surface area (TPSA) is 374 Å². The molecule has 0 unspecified atom stereocenters. The Morgan fingerprint density at radius 2 is 0.819 bits per heavy atom. The smallest absolute Gasteiger partial charge is 0.323 e. The molecule has 10 rings (SSSR count). The fraction of sp³-hybridized carbons (Fsp3) is 0.407. The fourth-order valence-electron chi connectivity index (χ4n) is 13.2. The number of rotatable bonds is 43. The quantitative estimate of drug-likeness (QED) is 0.00741. The maximum atomic E-state index is 13.3. The predicted molar refractivity (Wildman–Crippen MR) is 499 cm³/mol. The van der Waals surface area contributed by atoms with Gasteiger partial charge in [-0.3, -0.25) is 28.8 Å². The first-order valence-corrected chi connectivity index (χ1v) is 45.0. The zero-order valence-corrected chi connectivity index (χ0v) is 75.5. The summed E-state index contributed by atoms with van der Waals surface area (Å²) in [5.41, 5.74) is 8.52. The Morgan fingerprint density at radius 3 is 1.16 bits per heavy atom. The van der Waals surface area contributed by atoms with Gasteiger partial charge in [0.1, 0.15) is 31.5 Å². The molecule has 2 heterocycles. The van der Waals surface area contributed by atoms with Crippen LogP contribution in [0.15, 0.2) is 240 Å². The number of amides is 5. The second-order valence-electron chi connectivity index (χ2n) is 31.4. The summed E-state index contributed by atoms with van der Waals surface area (Å²) in [6, 6.07) is 67.3. The number of carboxylic acids is 1. The molecule has 2 saturated heterocycles. The summed E-state index contributed by atoms with van der Waals surface area (Å²) < 4.78 is 71.3. The SMILES string of the molecule is [B]C(=O)N1[C@H](Cc2ccccc2)[C@H]1CN(CC(C)C)S(=O)(=O)c1ccc(OC)cc1.[B]C(=O)N[C@H](Cc1ccccc1)[C@@H](O)CCl.[B]C(=O)N[C@H](Cc1ccccc1)[C@@H](O)CN(CC(C)C)S(=O)(=O)c1ccc(OC)cc1.[B]C(=O)N[C@H](Cc1ccccc1)[C@@H](O)CNCC(C)C.[B]C(=O)N[C@H](Cc1ccccc1)[C@@H]1CO1.[B]CON[C@H](Cc1ccccc1)C(=O)O. The van der Waals surface area contributed by atoms with Crippen LogP contribution in [0.2, 0.25) is 0 Å². The number of hydrogen-bond acceptors (Lipinski definition) is 19. The lowest BCUT2D eigenvalue weighted by Crippen LogP contribution is -2.50. The number of nitrogens with zero attached hydrogens (tertiary/aromatic N) is 3. The molecule has 11 atom stereocenters. The lowest BCUT2D eigenvalue weighted by atomic mass is 9.99. The molecule has 0 bridgehead atoms. The highest BCUT2D eigenvalue weighted by Gasteiger charge is 2.50. The summed E-state index contributed by atoms with van der Waals surface area (Å²) >= 11 is 5.55. The molecule has 670 valence electrons. The molecule has 8 aromatic carbocycles. The minimum absolute atomic E-state index is 0.00935. The Labute approximate surface area is 761 Å². The minimum atomic E-state index is -3.88. The number of carbonyl (C=O) groups excluding carboxylic acids is 5. The van der Waals surface area contributed by atoms with Gasteiger partial charge in [0, 0.05) is 45.7 Å². The van der Waals surface area contributed by atoms with E-state index in [1.165, 1.54) is 40.5 Å². The molecule has 36 heteroatoms. The highest BCUT2D eigenvalue weighted by atomic mass is 35.5. The molecule has 0 saturated carbocycles. The number of halogens is 1. The number of methoxy groups -OCH3 is 2. The van der Waals surface area contributed by atoms with Gasteiger partial charge < -0.3 is 71.0 Å². The Balaban J connectivity index is 0.000000278. The molecule has 0 aromatic heterocycles. The van der Waals surface area contributed by atoms with Gasteiger partial charge in [0.2, 0.25) is 59.3 Å². The van der Waals surface area contributed by atoms with Crippen molar-refractivity contribution in [3.8, 4) is 11.5 Å². The maximum Gasteiger partial charge on any atom is 0.323 e. The van der Waals surface area contributed by atoms with Crippen LogP contribution in [-0.2, 0) is 72.9 Å². The molecule has 10 N–H and O–H groups in total. The highest BCUT2D eigenvalue weighted by molar-refractivity contribution is 7.89. The van der Waals surface area contributed by atoms with E-state index in [1.807, 2.05) is 210 Å². The lowest BCUT2D eigenvalue weighted by molar-refractivity contribution is -0.143. The van der Waals surface area contributed by atoms with Crippen LogP contribution in [0.4, 0.5) is 24.0 Å². The van der Waals surface area contributed by atoms with Gasteiger partial charge >= 0.3 is 5.97 Å². The van der Waals surface area contributed by atoms with Crippen molar-refractivity contribution in [3.05, 3.63) is 264 Å². The molecule has 2 fully saturated rings. The van der Waals surface area contributed by atoms with Gasteiger partial charge in [-0.1, -0.05) is 224 Å². The summed E-state index contributed by atoms with van der Waals surface area (Å²) in [5.74, 6) is -2.18. The van der Waals surface area contributed by atoms with Crippen LogP contribution in [0.25, 0.3) is 0 Å². The second-order valence-corrected chi connectivity index (χ2v) is 35.5. The first-order valence-electron chi connectivity index (χ1n) is 41.5. The number of hydrogen-bond donors (Lipinski definition) is 10. The van der Waals surface area contributed by atoms with Crippen molar-refractivity contribution >= 4 is 114 Å². The largest absolute Gasteiger partial charge is 0.497 e. The van der Waals surface area contributed by atoms with Crippen molar-refractivity contribution in [2.45, 2.75) is 157 Å². The van der Waals surface area contributed by atoms with Crippen molar-refractivity contribution in [3.63, 3.8) is 0 Å². The molecule has 5 amide bonds. The van der Waals surface area contributed by atoms with Gasteiger partial charge in [-0.2, -0.15) is 14.1 Å². The second kappa shape index (κ2) is 57.4. The van der Waals surface area contributed by atoms with E-state index >= 15 is 0 Å². The van der Waals surface area contributed by atoms with Crippen LogP contribution >= 0.6 is 11.6 Å². The van der Waals surface area contributed by atoms with Gasteiger partial charge in [-0.05, 0) is 138 Å². The van der Waals surface area contributed by atoms with Crippen molar-refractivity contribution in [1.82, 2.24) is 45.6 Å². The molecular formula is C91H116B6ClN9O18S2. The van der Waals surface area contributed by atoms with Gasteiger partial charge in [0.25, 0.3) is 0 Å². The number of aliphatic carboxylic acids is 1. The summed E-state index contributed by atoms with van der Waals surface area (Å²) in [4.78, 5) is 73.4. The maximum absolute atomic E-state index is 13.3. The monoisotopic (exact) mass is 1790 g/mol. The number of carboxylic acid groups (broad SMARTS) is 1. The van der Waals surface area contributed by atoms with Crippen molar-refractivity contribution in [2.24, 2.45) is 17.8 Å². The number of carbonyl (C=O) groups is 6. The van der Waals surface area contributed by atoms with Crippen molar-refractivity contribution < 1.29 is 85.1 Å². The molecule has 2 aliphatic heterocycles. The van der Waals surface area contributed by atoms with Crippen LogP contribution in [0.5, 0.6) is 11.5 Å². The Morgan fingerprint density at radius 1 is 0.465 bits per heavy atom. The van der Waals surface area contributed by atoms with Gasteiger partial charge in [0.05, 0.1) is 91.1 Å². The third kappa shape index (κ3) is 41.6. The molecule has 27 nitrogen and oxygen atoms in total. The zero-order valence-electron chi connectivity index (χ0n) is 73.1. The molecule has 127 heavy (non-hydrogen) atoms. The van der Waals surface area contributed by atoms with Crippen molar-refractivity contribution in [1.29, 1.82) is 0 Å². The minimum Gasteiger partial charge on any atom is -0.497 e. The van der Waals surface area contributed by atoms with Crippen LogP contribution in [0.1, 0.15) is 74.9 Å². The Kier molecular flexibility index (Phi) is 48.7. The van der Waals surface area contributed by atoms with Gasteiger partial charge in [-0.25, -0.2) is 16.8 Å². The van der Waals surface area contributed by atoms with E-state index in [0.717, 1.165) is 40.8 Å². The number of nitrogens with one attached hydrogen (secondary N) is 6. The summed E-state index contributed by atoms with van der Waals surface area (Å²) in [6.07, 6.45) is 0.583. The van der Waals surface area contributed by atoms with E-state index in [1.54, 1.807) is 41.3 Å². The van der Waals surface area contributed by atoms with Crippen LogP contribution < -0.4 is 41.5 Å². The number of alkyl halides is 1. The van der Waals surface area contributed by atoms with Crippen LogP contribution in [0, 0.1) is 17.8 Å². The number of aliphatic hydroxyl groups excluding tert-OH is 3. The highest BCUT2D eigenvalue weighted by Crippen LogP contribution is 2.35. The van der Waals surface area contributed by atoms with E-state index in [9.17, 15) is 60.9 Å². The average molecular weight is 1790 g/mol. The van der Waals surface area contributed by atoms with E-state index in [-0.39, 0.29) is 77.9 Å². The summed E-state index contributed by atoms with van der Waals surface area (Å²) in [7, 11) is 26.7. The van der Waals surface area contributed by atoms with Gasteiger partial charge in [0.15, 0.2) is 29.0 Å². The number of ether oxygens (including phenoxy) is 3. The normalized spacial score (nSPS) is 15.6. The predicted octanol–water partition coefficient (Wildman–Crippen LogP) is 8.48. The number of aliphatic hydroxyl groups is 3. The molecule has 2 aliphatic rings. The number of hydroxylamine groups is 1. The first-order chi connectivity index (χ1) is 60.5. The van der Waals surface area contributed by atoms with E-state index < -0.39 is 97.5 Å². The third-order valence-electron chi connectivity index (χ3n) is 19.6. The fourth-order valence-corrected chi connectivity index (χ4v) is 16.7. The average Bonchev–Trinajstić information content (AvgIpc) is 1.60. The van der Waals surface area contributed by atoms with E-state index in [2.05, 4.69) is 50.7 Å². The standard InChI is InChI=1S/C22H29BN2O5S.C22H27BN2O4S.C15H23BN2O2.C11H13BClNO2.C11H12BNO2.C10H12BNO3/c1-16(2)14-25(31(28,29)19-11-9-18(30-3)10-12-19)15-21(26)20(24-22(23)27)13-17-7-5-4-6-8-17;1-16(2)14-24(30(27,28)19-11-9-18(29-3)10-12-19)15-21-20(25(21)22(23)26)13-17-7-5-4-6-8-17;1-11(2)9-17-10-14(19)13(18-15(16)20)8-12-6-4-3-5-7-12;12-11(16)14-9(10(15)7-13)6-8-4-2-1-3-5-8;12-11(14)13-9(10-7-15-10)6-8-4-2-1-3-5-8;11-7-15-12-9(10(13)14)6-8-4-2-1-3-5-8/h4-12,16,20-21,26H,13-15H2,1-3H3,(H,24,27);4-12,16,20-21H,13-15H2,1-3H3;3-7,11,13-14,17,19H,8-10H2,1-2H3,(H,18,20);1-5,9-10,15H,6-7H2,(H,14,16);1-5,9-10H,6-7H2,(H,13,14);1-5,9,12H,6-7H2,(H,13,14)/t20-,21+;20-,21-,25?;13-,14+;2*9-,10+;9-/m111111/s1. The van der Waals surface area contributed by atoms with E-state index in [0.29, 0.717) is 69.2 Å². The van der Waals surface area contributed by atoms with Crippen LogP contribution in [0.3, 0.4) is 0 Å². The van der Waals surface area contributed by atoms with E-state index in [4.69, 9.17) is 78.0 Å². The molecular weight excluding hydrogens is 1670 g/mol. The molecule has 8 aromatic rings. The van der Waals surface area contributed by atoms with Crippen LogP contribution in [-0.4, -0.2) is 272 Å². The summed E-state index contributed by atoms with van der Waals surface area (Å²) in [5, 5.41) is 53.1. The Bertz CT molecular complexity index is 4750. The third-order valence-corrected chi connectivity index (χ3v) is 23.6. The number of benzene rings is 8. The molecule has 12 radical (unpaired) electrons. The Hall–Kier alpha value is -9.60. The molecule has 0 aliphatic carbocycles. The first kappa shape index (κ1) is 108. The number of epoxide rings is 1. The number of sulfonamides is 2.